The molecule has 2 aromatic rings. The molecule has 2 heterocycles. The number of aromatic nitrogens is 3. The summed E-state index contributed by atoms with van der Waals surface area (Å²) in [6.07, 6.45) is 4.19. The van der Waals surface area contributed by atoms with E-state index in [1.807, 2.05) is 6.92 Å². The van der Waals surface area contributed by atoms with E-state index in [4.69, 9.17) is 4.74 Å². The van der Waals surface area contributed by atoms with Crippen LogP contribution in [-0.2, 0) is 5.60 Å². The molecular formula is C20H29N5O3. The maximum atomic E-state index is 12.1. The third-order valence-corrected chi connectivity index (χ3v) is 3.80. The Bertz CT molecular complexity index is 762. The fraction of sp³-hybridized carbons (Fsp3) is 0.500. The largest absolute Gasteiger partial charge is 0.412 e. The average molecular weight is 387 g/mol. The zero-order valence-corrected chi connectivity index (χ0v) is 17.1. The Kier molecular flexibility index (Phi) is 7.28. The summed E-state index contributed by atoms with van der Waals surface area (Å²) in [5, 5.41) is 13.0. The highest BCUT2D eigenvalue weighted by molar-refractivity contribution is 5.70. The van der Waals surface area contributed by atoms with Gasteiger partial charge >= 0.3 is 6.09 Å². The van der Waals surface area contributed by atoms with Gasteiger partial charge in [0.1, 0.15) is 11.4 Å². The van der Waals surface area contributed by atoms with Crippen LogP contribution in [0.4, 0.5) is 10.6 Å². The number of hydrogen-bond donors (Lipinski definition) is 2. The van der Waals surface area contributed by atoms with Gasteiger partial charge in [0.25, 0.3) is 0 Å². The second-order valence-electron chi connectivity index (χ2n) is 7.72. The summed E-state index contributed by atoms with van der Waals surface area (Å²) in [7, 11) is 0. The second kappa shape index (κ2) is 9.45. The van der Waals surface area contributed by atoms with E-state index >= 15 is 0 Å². The van der Waals surface area contributed by atoms with Crippen LogP contribution in [0.2, 0.25) is 0 Å². The van der Waals surface area contributed by atoms with E-state index in [9.17, 15) is 9.90 Å². The Hall–Kier alpha value is -2.74. The van der Waals surface area contributed by atoms with E-state index in [1.54, 1.807) is 44.4 Å². The van der Waals surface area contributed by atoms with Crippen molar-refractivity contribution < 1.29 is 14.6 Å². The lowest BCUT2D eigenvalue weighted by Crippen LogP contribution is -2.44. The van der Waals surface area contributed by atoms with E-state index in [0.29, 0.717) is 29.9 Å². The van der Waals surface area contributed by atoms with Crippen LogP contribution < -0.4 is 15.0 Å². The molecule has 152 valence electrons. The monoisotopic (exact) mass is 387 g/mol. The number of carbonyl (C=O) groups is 1. The summed E-state index contributed by atoms with van der Waals surface area (Å²) in [6.45, 7) is 10.7. The van der Waals surface area contributed by atoms with Gasteiger partial charge in [-0.25, -0.2) is 14.8 Å². The van der Waals surface area contributed by atoms with Crippen molar-refractivity contribution in [1.29, 1.82) is 0 Å². The van der Waals surface area contributed by atoms with Gasteiger partial charge in [-0.15, -0.1) is 0 Å². The standard InChI is InChI=1S/C20H29N5O3/c1-14(2)12-25(17-8-10-22-18(24-17)20(4,5)27)13-15(3)23-19(26)28-16-7-6-9-21-11-16/h6-11,14-15,27H,12-13H2,1-5H3,(H,23,26)/t15-/m1/s1. The van der Waals surface area contributed by atoms with Crippen LogP contribution >= 0.6 is 0 Å². The first-order valence-corrected chi connectivity index (χ1v) is 9.34. The lowest BCUT2D eigenvalue weighted by atomic mass is 10.1. The van der Waals surface area contributed by atoms with Crippen molar-refractivity contribution in [3.63, 3.8) is 0 Å². The Labute approximate surface area is 166 Å². The molecular weight excluding hydrogens is 358 g/mol. The van der Waals surface area contributed by atoms with E-state index < -0.39 is 11.7 Å². The molecule has 0 aliphatic carbocycles. The normalized spacial score (nSPS) is 12.5. The average Bonchev–Trinajstić information content (AvgIpc) is 2.61. The summed E-state index contributed by atoms with van der Waals surface area (Å²) < 4.78 is 5.23. The van der Waals surface area contributed by atoms with Crippen molar-refractivity contribution in [1.82, 2.24) is 20.3 Å². The van der Waals surface area contributed by atoms with Crippen LogP contribution in [0.15, 0.2) is 36.8 Å². The Morgan fingerprint density at radius 2 is 2.00 bits per heavy atom. The number of nitrogens with zero attached hydrogens (tertiary/aromatic N) is 4. The topological polar surface area (TPSA) is 100 Å². The SMILES string of the molecule is CC(C)CN(C[C@@H](C)NC(=O)Oc1cccnc1)c1ccnc(C(C)(C)O)n1. The highest BCUT2D eigenvalue weighted by Crippen LogP contribution is 2.19. The number of carbonyl (C=O) groups excluding carboxylic acids is 1. The highest BCUT2D eigenvalue weighted by Gasteiger charge is 2.22. The summed E-state index contributed by atoms with van der Waals surface area (Å²) in [5.74, 6) is 1.83. The van der Waals surface area contributed by atoms with Crippen molar-refractivity contribution in [3.05, 3.63) is 42.6 Å². The fourth-order valence-corrected chi connectivity index (χ4v) is 2.64. The molecule has 8 heteroatoms. The minimum atomic E-state index is -1.13. The van der Waals surface area contributed by atoms with Gasteiger partial charge in [-0.2, -0.15) is 0 Å². The van der Waals surface area contributed by atoms with Crippen molar-refractivity contribution in [3.8, 4) is 5.75 Å². The molecule has 0 radical (unpaired) electrons. The predicted octanol–water partition coefficient (Wildman–Crippen LogP) is 2.74. The van der Waals surface area contributed by atoms with Gasteiger partial charge in [0.2, 0.25) is 0 Å². The minimum absolute atomic E-state index is 0.191. The quantitative estimate of drug-likeness (QED) is 0.718. The van der Waals surface area contributed by atoms with Gasteiger partial charge in [-0.05, 0) is 44.9 Å². The summed E-state index contributed by atoms with van der Waals surface area (Å²) in [6, 6.07) is 4.98. The molecule has 2 rings (SSSR count). The molecule has 28 heavy (non-hydrogen) atoms. The predicted molar refractivity (Wildman–Crippen MR) is 107 cm³/mol. The number of ether oxygens (including phenoxy) is 1. The van der Waals surface area contributed by atoms with Gasteiger partial charge in [-0.3, -0.25) is 4.98 Å². The van der Waals surface area contributed by atoms with Crippen LogP contribution in [0.5, 0.6) is 5.75 Å². The van der Waals surface area contributed by atoms with Gasteiger partial charge in [0.05, 0.1) is 6.20 Å². The van der Waals surface area contributed by atoms with Crippen LogP contribution in [0, 0.1) is 5.92 Å². The molecule has 0 fully saturated rings. The van der Waals surface area contributed by atoms with Gasteiger partial charge < -0.3 is 20.1 Å². The molecule has 1 atom stereocenters. The smallest absolute Gasteiger partial charge is 0.409 e. The van der Waals surface area contributed by atoms with Crippen molar-refractivity contribution in [2.75, 3.05) is 18.0 Å². The first kappa shape index (κ1) is 21.6. The minimum Gasteiger partial charge on any atom is -0.409 e. The van der Waals surface area contributed by atoms with Crippen LogP contribution in [0.1, 0.15) is 40.4 Å². The number of amides is 1. The summed E-state index contributed by atoms with van der Waals surface area (Å²) in [4.78, 5) is 26.8. The molecule has 0 aromatic carbocycles. The van der Waals surface area contributed by atoms with E-state index in [-0.39, 0.29) is 6.04 Å². The highest BCUT2D eigenvalue weighted by atomic mass is 16.6. The summed E-state index contributed by atoms with van der Waals surface area (Å²) in [5.41, 5.74) is -1.13. The van der Waals surface area contributed by atoms with Crippen molar-refractivity contribution in [2.45, 2.75) is 46.3 Å². The van der Waals surface area contributed by atoms with E-state index in [1.165, 1.54) is 6.20 Å². The van der Waals surface area contributed by atoms with Gasteiger partial charge in [0, 0.05) is 31.5 Å². The maximum absolute atomic E-state index is 12.1. The number of nitrogens with one attached hydrogen (secondary N) is 1. The molecule has 0 aliphatic rings. The second-order valence-corrected chi connectivity index (χ2v) is 7.72. The van der Waals surface area contributed by atoms with E-state index in [2.05, 4.69) is 39.0 Å². The third-order valence-electron chi connectivity index (χ3n) is 3.80. The first-order chi connectivity index (χ1) is 13.1. The summed E-state index contributed by atoms with van der Waals surface area (Å²) >= 11 is 0. The van der Waals surface area contributed by atoms with Crippen LogP contribution in [0.3, 0.4) is 0 Å². The molecule has 0 bridgehead atoms. The molecule has 0 aliphatic heterocycles. The molecule has 0 saturated carbocycles. The lowest BCUT2D eigenvalue weighted by molar-refractivity contribution is 0.0687. The fourth-order valence-electron chi connectivity index (χ4n) is 2.64. The molecule has 0 spiro atoms. The zero-order chi connectivity index (χ0) is 20.7. The van der Waals surface area contributed by atoms with Gasteiger partial charge in [-0.1, -0.05) is 13.8 Å². The number of hydrogen-bond acceptors (Lipinski definition) is 7. The molecule has 0 saturated heterocycles. The molecule has 2 N–H and O–H groups in total. The maximum Gasteiger partial charge on any atom is 0.412 e. The zero-order valence-electron chi connectivity index (χ0n) is 17.1. The third kappa shape index (κ3) is 6.77. The van der Waals surface area contributed by atoms with Crippen LogP contribution in [-0.4, -0.2) is 45.3 Å². The van der Waals surface area contributed by atoms with Crippen molar-refractivity contribution in [2.24, 2.45) is 5.92 Å². The Morgan fingerprint density at radius 1 is 1.25 bits per heavy atom. The Morgan fingerprint density at radius 3 is 2.61 bits per heavy atom. The van der Waals surface area contributed by atoms with Crippen molar-refractivity contribution >= 4 is 11.9 Å². The molecule has 8 nitrogen and oxygen atoms in total. The lowest BCUT2D eigenvalue weighted by Gasteiger charge is -2.29. The number of pyridine rings is 1. The molecule has 0 unspecified atom stereocenters. The molecule has 2 aromatic heterocycles. The first-order valence-electron chi connectivity index (χ1n) is 9.34. The van der Waals surface area contributed by atoms with Gasteiger partial charge in [0.15, 0.2) is 11.6 Å². The Balaban J connectivity index is 2.06. The van der Waals surface area contributed by atoms with Crippen LogP contribution in [0.25, 0.3) is 0 Å². The number of rotatable bonds is 8. The van der Waals surface area contributed by atoms with E-state index in [0.717, 1.165) is 6.54 Å². The molecule has 1 amide bonds. The number of aliphatic hydroxyl groups is 1. The number of anilines is 1.